The van der Waals surface area contributed by atoms with E-state index in [2.05, 4.69) is 20.3 Å². The number of hydrogen-bond acceptors (Lipinski definition) is 9. The number of carbonyl (C=O) groups is 3. The number of H-pyrrole nitrogens is 1. The van der Waals surface area contributed by atoms with Gasteiger partial charge in [0.25, 0.3) is 5.56 Å². The fourth-order valence-corrected chi connectivity index (χ4v) is 3.72. The van der Waals surface area contributed by atoms with Crippen LogP contribution in [0.5, 0.6) is 0 Å². The molecule has 1 saturated heterocycles. The molecule has 0 bridgehead atoms. The standard InChI is InChI=1S/C18H27N9O5/c19-4-2-1-3-10(20)15(29)23-9-5-11(17(31)32)27(6-9)12(28)7-26-8-22-13-14(26)24-18(21)25-16(13)30/h8-11H,1-7,19-20H2,(H,23,29)(H,31,32)(H3,21,24,25,30)/t9-,10-,11-/m0/s1. The Hall–Kier alpha value is -3.52. The summed E-state index contributed by atoms with van der Waals surface area (Å²) in [6, 6.07) is -2.40. The summed E-state index contributed by atoms with van der Waals surface area (Å²) in [5.41, 5.74) is 16.5. The zero-order valence-electron chi connectivity index (χ0n) is 17.4. The number of carboxylic acid groups (broad SMARTS) is 1. The van der Waals surface area contributed by atoms with Crippen LogP contribution in [0.1, 0.15) is 25.7 Å². The summed E-state index contributed by atoms with van der Waals surface area (Å²) < 4.78 is 1.32. The van der Waals surface area contributed by atoms with Crippen LogP contribution in [0, 0.1) is 0 Å². The molecule has 0 unspecified atom stereocenters. The van der Waals surface area contributed by atoms with Crippen LogP contribution in [0.4, 0.5) is 5.95 Å². The largest absolute Gasteiger partial charge is 0.480 e. The molecule has 3 heterocycles. The van der Waals surface area contributed by atoms with Crippen molar-refractivity contribution in [3.8, 4) is 0 Å². The molecule has 1 aliphatic rings. The normalized spacial score (nSPS) is 19.2. The van der Waals surface area contributed by atoms with Gasteiger partial charge in [0.05, 0.1) is 12.4 Å². The van der Waals surface area contributed by atoms with E-state index in [9.17, 15) is 24.3 Å². The molecule has 14 nitrogen and oxygen atoms in total. The van der Waals surface area contributed by atoms with Gasteiger partial charge < -0.3 is 37.1 Å². The van der Waals surface area contributed by atoms with E-state index in [0.29, 0.717) is 19.4 Å². The molecule has 9 N–H and O–H groups in total. The third-order valence-corrected chi connectivity index (χ3v) is 5.36. The van der Waals surface area contributed by atoms with Gasteiger partial charge in [0.2, 0.25) is 17.8 Å². The number of aromatic amines is 1. The lowest BCUT2D eigenvalue weighted by molar-refractivity contribution is -0.148. The van der Waals surface area contributed by atoms with Crippen LogP contribution in [0.25, 0.3) is 11.2 Å². The number of nitrogens with two attached hydrogens (primary N) is 3. The third-order valence-electron chi connectivity index (χ3n) is 5.36. The smallest absolute Gasteiger partial charge is 0.326 e. The number of unbranched alkanes of at least 4 members (excludes halogenated alkanes) is 1. The summed E-state index contributed by atoms with van der Waals surface area (Å²) in [7, 11) is 0. The van der Waals surface area contributed by atoms with Crippen molar-refractivity contribution in [1.82, 2.24) is 29.7 Å². The second-order valence-corrected chi connectivity index (χ2v) is 7.73. The van der Waals surface area contributed by atoms with E-state index in [1.54, 1.807) is 0 Å². The average Bonchev–Trinajstić information content (AvgIpc) is 3.33. The molecule has 0 aliphatic carbocycles. The first-order chi connectivity index (χ1) is 15.2. The van der Waals surface area contributed by atoms with Crippen LogP contribution in [-0.2, 0) is 20.9 Å². The van der Waals surface area contributed by atoms with E-state index in [0.717, 1.165) is 6.42 Å². The van der Waals surface area contributed by atoms with Crippen molar-refractivity contribution < 1.29 is 19.5 Å². The molecule has 32 heavy (non-hydrogen) atoms. The highest BCUT2D eigenvalue weighted by atomic mass is 16.4. The zero-order valence-corrected chi connectivity index (χ0v) is 17.4. The number of rotatable bonds is 9. The number of nitrogen functional groups attached to an aromatic ring is 1. The molecule has 0 aromatic carbocycles. The quantitative estimate of drug-likeness (QED) is 0.217. The molecule has 14 heteroatoms. The fraction of sp³-hybridized carbons (Fsp3) is 0.556. The molecule has 174 valence electrons. The lowest BCUT2D eigenvalue weighted by atomic mass is 10.1. The Labute approximate surface area is 182 Å². The van der Waals surface area contributed by atoms with Crippen LogP contribution in [-0.4, -0.2) is 78.5 Å². The van der Waals surface area contributed by atoms with Crippen LogP contribution >= 0.6 is 0 Å². The molecular weight excluding hydrogens is 422 g/mol. The first-order valence-electron chi connectivity index (χ1n) is 10.2. The topological polar surface area (TPSA) is 228 Å². The molecule has 0 radical (unpaired) electrons. The van der Waals surface area contributed by atoms with Crippen molar-refractivity contribution in [2.24, 2.45) is 11.5 Å². The number of hydrogen-bond donors (Lipinski definition) is 6. The Balaban J connectivity index is 1.68. The number of aromatic nitrogens is 4. The first kappa shape index (κ1) is 23.1. The molecule has 0 saturated carbocycles. The summed E-state index contributed by atoms with van der Waals surface area (Å²) in [5.74, 6) is -2.24. The maximum absolute atomic E-state index is 12.9. The molecule has 1 aliphatic heterocycles. The number of nitrogens with one attached hydrogen (secondary N) is 2. The Morgan fingerprint density at radius 1 is 1.34 bits per heavy atom. The van der Waals surface area contributed by atoms with E-state index in [1.165, 1.54) is 15.8 Å². The van der Waals surface area contributed by atoms with Crippen LogP contribution in [0.3, 0.4) is 0 Å². The molecule has 2 amide bonds. The summed E-state index contributed by atoms with van der Waals surface area (Å²) in [6.07, 6.45) is 3.23. The number of anilines is 1. The zero-order chi connectivity index (χ0) is 23.4. The second kappa shape index (κ2) is 9.74. The minimum Gasteiger partial charge on any atom is -0.480 e. The highest BCUT2D eigenvalue weighted by molar-refractivity contribution is 5.86. The molecule has 2 aromatic rings. The summed E-state index contributed by atoms with van der Waals surface area (Å²) in [6.45, 7) is 0.228. The van der Waals surface area contributed by atoms with Gasteiger partial charge >= 0.3 is 5.97 Å². The van der Waals surface area contributed by atoms with Gasteiger partial charge in [-0.1, -0.05) is 6.42 Å². The summed E-state index contributed by atoms with van der Waals surface area (Å²) in [5, 5.41) is 12.3. The first-order valence-corrected chi connectivity index (χ1v) is 10.2. The van der Waals surface area contributed by atoms with Crippen molar-refractivity contribution in [2.45, 2.75) is 50.4 Å². The number of aliphatic carboxylic acids is 1. The molecule has 0 spiro atoms. The van der Waals surface area contributed by atoms with Gasteiger partial charge in [-0.3, -0.25) is 19.4 Å². The minimum absolute atomic E-state index is 0.0111. The van der Waals surface area contributed by atoms with Crippen molar-refractivity contribution in [1.29, 1.82) is 0 Å². The summed E-state index contributed by atoms with van der Waals surface area (Å²) >= 11 is 0. The Bertz CT molecular complexity index is 1060. The van der Waals surface area contributed by atoms with Gasteiger partial charge in [-0.25, -0.2) is 9.78 Å². The Morgan fingerprint density at radius 3 is 2.78 bits per heavy atom. The number of carboxylic acids is 1. The molecule has 3 rings (SSSR count). The minimum atomic E-state index is -1.18. The lowest BCUT2D eigenvalue weighted by Crippen LogP contribution is -2.47. The van der Waals surface area contributed by atoms with Crippen LogP contribution < -0.4 is 28.1 Å². The van der Waals surface area contributed by atoms with Crippen molar-refractivity contribution in [2.75, 3.05) is 18.8 Å². The van der Waals surface area contributed by atoms with E-state index in [1.807, 2.05) is 0 Å². The predicted molar refractivity (Wildman–Crippen MR) is 113 cm³/mol. The van der Waals surface area contributed by atoms with Crippen molar-refractivity contribution >= 4 is 34.9 Å². The van der Waals surface area contributed by atoms with Crippen molar-refractivity contribution in [3.05, 3.63) is 16.7 Å². The molecule has 1 fully saturated rings. The Kier molecular flexibility index (Phi) is 7.05. The number of fused-ring (bicyclic) bond motifs is 1. The predicted octanol–water partition coefficient (Wildman–Crippen LogP) is -2.67. The summed E-state index contributed by atoms with van der Waals surface area (Å²) in [4.78, 5) is 60.3. The van der Waals surface area contributed by atoms with E-state index in [-0.39, 0.29) is 36.6 Å². The number of amides is 2. The third kappa shape index (κ3) is 5.03. The molecule has 3 atom stereocenters. The van der Waals surface area contributed by atoms with Gasteiger partial charge in [-0.15, -0.1) is 0 Å². The number of likely N-dealkylation sites (tertiary alicyclic amines) is 1. The fourth-order valence-electron chi connectivity index (χ4n) is 3.72. The van der Waals surface area contributed by atoms with E-state index >= 15 is 0 Å². The SMILES string of the molecule is NCCCC[C@H](N)C(=O)N[C@H]1C[C@@H](C(=O)O)N(C(=O)Cn2cnc3c(=O)[nH]c(N)nc32)C1. The number of nitrogens with zero attached hydrogens (tertiary/aromatic N) is 4. The number of carbonyl (C=O) groups excluding carboxylic acids is 2. The highest BCUT2D eigenvalue weighted by Gasteiger charge is 2.40. The second-order valence-electron chi connectivity index (χ2n) is 7.73. The van der Waals surface area contributed by atoms with E-state index < -0.39 is 41.5 Å². The maximum atomic E-state index is 12.9. The van der Waals surface area contributed by atoms with Crippen LogP contribution in [0.2, 0.25) is 0 Å². The monoisotopic (exact) mass is 449 g/mol. The molecular formula is C18H27N9O5. The van der Waals surface area contributed by atoms with Gasteiger partial charge in [-0.2, -0.15) is 4.98 Å². The van der Waals surface area contributed by atoms with Gasteiger partial charge in [0.15, 0.2) is 11.2 Å². The lowest BCUT2D eigenvalue weighted by Gasteiger charge is -2.22. The highest BCUT2D eigenvalue weighted by Crippen LogP contribution is 2.20. The van der Waals surface area contributed by atoms with Crippen molar-refractivity contribution in [3.63, 3.8) is 0 Å². The average molecular weight is 449 g/mol. The van der Waals surface area contributed by atoms with Gasteiger partial charge in [0, 0.05) is 19.0 Å². The molecule has 2 aromatic heterocycles. The maximum Gasteiger partial charge on any atom is 0.326 e. The number of imidazole rings is 1. The Morgan fingerprint density at radius 2 is 2.09 bits per heavy atom. The van der Waals surface area contributed by atoms with Crippen LogP contribution in [0.15, 0.2) is 11.1 Å². The van der Waals surface area contributed by atoms with Gasteiger partial charge in [-0.05, 0) is 19.4 Å². The van der Waals surface area contributed by atoms with E-state index in [4.69, 9.17) is 17.2 Å². The van der Waals surface area contributed by atoms with Gasteiger partial charge in [0.1, 0.15) is 12.6 Å².